The van der Waals surface area contributed by atoms with Gasteiger partial charge in [-0.15, -0.1) is 0 Å². The van der Waals surface area contributed by atoms with Gasteiger partial charge in [-0.1, -0.05) is 48.0 Å². The fourth-order valence-electron chi connectivity index (χ4n) is 6.75. The van der Waals surface area contributed by atoms with Crippen LogP contribution in [0.15, 0.2) is 67.0 Å². The Morgan fingerprint density at radius 2 is 1.84 bits per heavy atom. The molecule has 3 aromatic rings. The van der Waals surface area contributed by atoms with Gasteiger partial charge in [0.05, 0.1) is 5.60 Å². The van der Waals surface area contributed by atoms with E-state index < -0.39 is 5.60 Å². The molecule has 2 aliphatic carbocycles. The average Bonchev–Trinajstić information content (AvgIpc) is 3.31. The Balaban J connectivity index is 1.26. The molecule has 6 rings (SSSR count). The standard InChI is InChI=1S/C28H29ClN2O/c1-27(32,20-5-4-12-30-17-20)19-10-13-31(14-11-19)18-28-16-24(22-6-2-3-7-25(22)28)23-9-8-21(29)15-26(23)28/h2-9,12,15,17,19,24,32H,10-11,13-14,16,18H2,1H3/t24-,27+,28-/m0/s1. The fourth-order valence-corrected chi connectivity index (χ4v) is 6.92. The molecular formula is C28H29ClN2O. The molecule has 0 unspecified atom stereocenters. The maximum Gasteiger partial charge on any atom is 0.0912 e. The van der Waals surface area contributed by atoms with Crippen LogP contribution in [0.25, 0.3) is 0 Å². The van der Waals surface area contributed by atoms with Gasteiger partial charge in [0, 0.05) is 40.9 Å². The van der Waals surface area contributed by atoms with Crippen molar-refractivity contribution < 1.29 is 5.11 Å². The SMILES string of the molecule is C[C@](O)(c1cccnc1)C1CCN(C[C@@]23C[C@@H](c4ccccc42)c2ccc(Cl)cc23)CC1. The van der Waals surface area contributed by atoms with E-state index in [1.807, 2.05) is 25.1 Å². The number of aromatic nitrogens is 1. The number of aliphatic hydroxyl groups is 1. The predicted molar refractivity (Wildman–Crippen MR) is 128 cm³/mol. The van der Waals surface area contributed by atoms with Crippen molar-refractivity contribution in [2.24, 2.45) is 5.92 Å². The van der Waals surface area contributed by atoms with Gasteiger partial charge >= 0.3 is 0 Å². The molecule has 0 spiro atoms. The molecule has 3 aliphatic rings. The number of likely N-dealkylation sites (tertiary alicyclic amines) is 1. The number of pyridine rings is 1. The number of benzene rings is 2. The van der Waals surface area contributed by atoms with Crippen LogP contribution in [0.2, 0.25) is 5.02 Å². The topological polar surface area (TPSA) is 36.4 Å². The fraction of sp³-hybridized carbons (Fsp3) is 0.393. The molecule has 0 saturated carbocycles. The van der Waals surface area contributed by atoms with Crippen molar-refractivity contribution in [3.8, 4) is 0 Å². The van der Waals surface area contributed by atoms with Gasteiger partial charge in [0.15, 0.2) is 0 Å². The highest BCUT2D eigenvalue weighted by Crippen LogP contribution is 2.60. The molecule has 3 atom stereocenters. The first-order valence-electron chi connectivity index (χ1n) is 11.7. The van der Waals surface area contributed by atoms with Crippen LogP contribution < -0.4 is 0 Å². The average molecular weight is 445 g/mol. The maximum absolute atomic E-state index is 11.3. The number of hydrogen-bond acceptors (Lipinski definition) is 3. The molecule has 164 valence electrons. The molecule has 3 nitrogen and oxygen atoms in total. The molecule has 2 heterocycles. The lowest BCUT2D eigenvalue weighted by Gasteiger charge is -2.43. The van der Waals surface area contributed by atoms with Gasteiger partial charge < -0.3 is 10.0 Å². The first-order chi connectivity index (χ1) is 15.5. The van der Waals surface area contributed by atoms with E-state index in [2.05, 4.69) is 46.3 Å². The molecule has 1 saturated heterocycles. The van der Waals surface area contributed by atoms with Crippen molar-refractivity contribution in [2.75, 3.05) is 19.6 Å². The number of nitrogens with zero attached hydrogens (tertiary/aromatic N) is 2. The minimum Gasteiger partial charge on any atom is -0.385 e. The molecule has 2 aromatic carbocycles. The third-order valence-corrected chi connectivity index (χ3v) is 8.67. The number of rotatable bonds is 4. The van der Waals surface area contributed by atoms with Gasteiger partial charge in [-0.25, -0.2) is 0 Å². The molecule has 32 heavy (non-hydrogen) atoms. The Morgan fingerprint density at radius 3 is 2.62 bits per heavy atom. The highest BCUT2D eigenvalue weighted by Gasteiger charge is 2.53. The van der Waals surface area contributed by atoms with Gasteiger partial charge in [0.25, 0.3) is 0 Å². The van der Waals surface area contributed by atoms with E-state index in [0.29, 0.717) is 5.92 Å². The van der Waals surface area contributed by atoms with Crippen LogP contribution in [0, 0.1) is 5.92 Å². The third-order valence-electron chi connectivity index (χ3n) is 8.43. The molecular weight excluding hydrogens is 416 g/mol. The van der Waals surface area contributed by atoms with E-state index in [1.54, 1.807) is 12.4 Å². The number of fused-ring (bicyclic) bond motifs is 8. The van der Waals surface area contributed by atoms with Crippen molar-refractivity contribution in [3.63, 3.8) is 0 Å². The summed E-state index contributed by atoms with van der Waals surface area (Å²) in [6, 6.07) is 19.4. The normalized spacial score (nSPS) is 26.5. The zero-order valence-corrected chi connectivity index (χ0v) is 19.2. The van der Waals surface area contributed by atoms with E-state index in [1.165, 1.54) is 22.3 Å². The lowest BCUT2D eigenvalue weighted by molar-refractivity contribution is -0.0347. The minimum atomic E-state index is -0.836. The largest absolute Gasteiger partial charge is 0.385 e. The first-order valence-corrected chi connectivity index (χ1v) is 12.1. The third kappa shape index (κ3) is 2.98. The maximum atomic E-state index is 11.3. The summed E-state index contributed by atoms with van der Waals surface area (Å²) in [5, 5.41) is 12.1. The second-order valence-electron chi connectivity index (χ2n) is 10.1. The van der Waals surface area contributed by atoms with E-state index in [4.69, 9.17) is 11.6 Å². The Kier molecular flexibility index (Phi) is 4.73. The summed E-state index contributed by atoms with van der Waals surface area (Å²) in [5.74, 6) is 0.733. The lowest BCUT2D eigenvalue weighted by Crippen LogP contribution is -2.46. The van der Waals surface area contributed by atoms with Crippen LogP contribution in [0.5, 0.6) is 0 Å². The van der Waals surface area contributed by atoms with Gasteiger partial charge in [0.1, 0.15) is 0 Å². The molecule has 1 aliphatic heterocycles. The van der Waals surface area contributed by atoms with Crippen molar-refractivity contribution in [3.05, 3.63) is 99.8 Å². The highest BCUT2D eigenvalue weighted by atomic mass is 35.5. The molecule has 0 radical (unpaired) electrons. The van der Waals surface area contributed by atoms with Crippen LogP contribution in [0.3, 0.4) is 0 Å². The van der Waals surface area contributed by atoms with E-state index in [9.17, 15) is 5.11 Å². The Bertz CT molecular complexity index is 1150. The summed E-state index contributed by atoms with van der Waals surface area (Å²) in [7, 11) is 0. The van der Waals surface area contributed by atoms with E-state index in [0.717, 1.165) is 49.5 Å². The molecule has 2 bridgehead atoms. The van der Waals surface area contributed by atoms with Crippen LogP contribution in [-0.2, 0) is 11.0 Å². The van der Waals surface area contributed by atoms with Gasteiger partial charge in [-0.3, -0.25) is 4.98 Å². The van der Waals surface area contributed by atoms with Crippen LogP contribution in [0.4, 0.5) is 0 Å². The first kappa shape index (κ1) is 20.4. The lowest BCUT2D eigenvalue weighted by atomic mass is 9.73. The van der Waals surface area contributed by atoms with Crippen molar-refractivity contribution >= 4 is 11.6 Å². The molecule has 1 aromatic heterocycles. The zero-order chi connectivity index (χ0) is 21.9. The summed E-state index contributed by atoms with van der Waals surface area (Å²) < 4.78 is 0. The highest BCUT2D eigenvalue weighted by molar-refractivity contribution is 6.30. The van der Waals surface area contributed by atoms with Crippen molar-refractivity contribution in [1.29, 1.82) is 0 Å². The van der Waals surface area contributed by atoms with Crippen LogP contribution >= 0.6 is 11.6 Å². The predicted octanol–water partition coefficient (Wildman–Crippen LogP) is 5.49. The summed E-state index contributed by atoms with van der Waals surface area (Å²) >= 11 is 6.47. The smallest absolute Gasteiger partial charge is 0.0912 e. The minimum absolute atomic E-state index is 0.0280. The quantitative estimate of drug-likeness (QED) is 0.578. The van der Waals surface area contributed by atoms with E-state index >= 15 is 0 Å². The molecule has 1 fully saturated rings. The number of piperidine rings is 1. The summed E-state index contributed by atoms with van der Waals surface area (Å²) in [6.07, 6.45) is 6.70. The summed E-state index contributed by atoms with van der Waals surface area (Å²) in [4.78, 5) is 6.84. The second-order valence-corrected chi connectivity index (χ2v) is 10.5. The molecule has 1 N–H and O–H groups in total. The van der Waals surface area contributed by atoms with Crippen LogP contribution in [0.1, 0.15) is 59.9 Å². The zero-order valence-electron chi connectivity index (χ0n) is 18.5. The Morgan fingerprint density at radius 1 is 1.06 bits per heavy atom. The van der Waals surface area contributed by atoms with Crippen molar-refractivity contribution in [2.45, 2.75) is 43.1 Å². The number of halogens is 1. The van der Waals surface area contributed by atoms with Gasteiger partial charge in [-0.05, 0) is 85.6 Å². The molecule has 4 heteroatoms. The van der Waals surface area contributed by atoms with Gasteiger partial charge in [0.2, 0.25) is 0 Å². The Hall–Kier alpha value is -2.20. The van der Waals surface area contributed by atoms with Crippen molar-refractivity contribution in [1.82, 2.24) is 9.88 Å². The second kappa shape index (κ2) is 7.41. The monoisotopic (exact) mass is 444 g/mol. The van der Waals surface area contributed by atoms with Gasteiger partial charge in [-0.2, -0.15) is 0 Å². The number of hydrogen-bond donors (Lipinski definition) is 1. The van der Waals surface area contributed by atoms with E-state index in [-0.39, 0.29) is 11.3 Å². The summed E-state index contributed by atoms with van der Waals surface area (Å²) in [6.45, 7) is 4.99. The Labute approximate surface area is 195 Å². The molecule has 0 amide bonds. The summed E-state index contributed by atoms with van der Waals surface area (Å²) in [5.41, 5.74) is 5.99. The van der Waals surface area contributed by atoms with Crippen LogP contribution in [-0.4, -0.2) is 34.6 Å².